The largest absolute Gasteiger partial charge is 0.496 e. The van der Waals surface area contributed by atoms with Crippen LogP contribution in [0.4, 0.5) is 0 Å². The Morgan fingerprint density at radius 2 is 2.12 bits per heavy atom. The molecule has 0 radical (unpaired) electrons. The van der Waals surface area contributed by atoms with Crippen LogP contribution in [-0.2, 0) is 29.8 Å². The number of hydrogen-bond donors (Lipinski definition) is 1. The molecule has 0 spiro atoms. The number of carboxylic acid groups (broad SMARTS) is 1. The zero-order chi connectivity index (χ0) is 29.6. The van der Waals surface area contributed by atoms with E-state index < -0.39 is 5.97 Å². The predicted molar refractivity (Wildman–Crippen MR) is 155 cm³/mol. The lowest BCUT2D eigenvalue weighted by Gasteiger charge is -2.32. The Bertz CT molecular complexity index is 1740. The molecule has 4 aromatic rings. The maximum absolute atomic E-state index is 11.6. The summed E-state index contributed by atoms with van der Waals surface area (Å²) >= 11 is 0. The fourth-order valence-corrected chi connectivity index (χ4v) is 6.50. The smallest absolute Gasteiger partial charge is 0.335 e. The van der Waals surface area contributed by atoms with E-state index in [4.69, 9.17) is 29.4 Å². The molecule has 2 aromatic carbocycles. The number of ether oxygens (including phenoxy) is 3. The topological polar surface area (TPSA) is 136 Å². The van der Waals surface area contributed by atoms with Crippen LogP contribution in [0.3, 0.4) is 0 Å². The number of methoxy groups -OCH3 is 1. The summed E-state index contributed by atoms with van der Waals surface area (Å²) in [7, 11) is 1.57. The highest BCUT2D eigenvalue weighted by Crippen LogP contribution is 2.58. The predicted octanol–water partition coefficient (Wildman–Crippen LogP) is 3.94. The average Bonchev–Trinajstić information content (AvgIpc) is 3.65. The van der Waals surface area contributed by atoms with Crippen molar-refractivity contribution in [3.8, 4) is 17.8 Å². The molecule has 7 rings (SSSR count). The van der Waals surface area contributed by atoms with E-state index >= 15 is 0 Å². The summed E-state index contributed by atoms with van der Waals surface area (Å²) < 4.78 is 19.3. The summed E-state index contributed by atoms with van der Waals surface area (Å²) in [5.41, 5.74) is 4.31. The minimum atomic E-state index is -0.940. The molecule has 3 unspecified atom stereocenters. The zero-order valence-corrected chi connectivity index (χ0v) is 23.9. The van der Waals surface area contributed by atoms with Gasteiger partial charge in [-0.1, -0.05) is 6.07 Å². The number of aromatic carboxylic acids is 1. The third-order valence-electron chi connectivity index (χ3n) is 9.12. The van der Waals surface area contributed by atoms with E-state index in [2.05, 4.69) is 20.5 Å². The second-order valence-corrected chi connectivity index (χ2v) is 11.6. The molecule has 220 valence electrons. The molecule has 3 fully saturated rings. The monoisotopic (exact) mass is 580 g/mol. The molecular weight excluding hydrogens is 548 g/mol. The van der Waals surface area contributed by atoms with E-state index in [-0.39, 0.29) is 23.7 Å². The van der Waals surface area contributed by atoms with Crippen molar-refractivity contribution < 1.29 is 24.1 Å². The molecule has 1 aliphatic carbocycles. The van der Waals surface area contributed by atoms with Gasteiger partial charge < -0.3 is 23.9 Å². The molecule has 1 N–H and O–H groups in total. The van der Waals surface area contributed by atoms with Crippen LogP contribution in [-0.4, -0.2) is 68.4 Å². The summed E-state index contributed by atoms with van der Waals surface area (Å²) in [6.45, 7) is 4.22. The number of piperidine rings is 1. The first-order valence-electron chi connectivity index (χ1n) is 14.6. The van der Waals surface area contributed by atoms with Gasteiger partial charge in [0.05, 0.1) is 60.2 Å². The van der Waals surface area contributed by atoms with Crippen LogP contribution in [0.1, 0.15) is 52.3 Å². The highest BCUT2D eigenvalue weighted by Gasteiger charge is 2.58. The fraction of sp³-hybridized carbons (Fsp3) is 0.406. The first-order chi connectivity index (χ1) is 21.0. The van der Waals surface area contributed by atoms with Crippen molar-refractivity contribution in [2.24, 2.45) is 5.92 Å². The third-order valence-corrected chi connectivity index (χ3v) is 9.12. The van der Waals surface area contributed by atoms with Crippen LogP contribution in [0, 0.1) is 17.2 Å². The Morgan fingerprint density at radius 3 is 2.86 bits per heavy atom. The number of nitrogens with zero attached hydrogens (tertiary/aromatic N) is 6. The first-order valence-corrected chi connectivity index (χ1v) is 14.6. The number of nitriles is 1. The lowest BCUT2D eigenvalue weighted by atomic mass is 9.91. The van der Waals surface area contributed by atoms with Crippen molar-refractivity contribution in [1.82, 2.24) is 24.4 Å². The molecule has 0 bridgehead atoms. The summed E-state index contributed by atoms with van der Waals surface area (Å²) in [5.74, 6) is 1.08. The molecule has 2 aromatic heterocycles. The van der Waals surface area contributed by atoms with E-state index in [1.807, 2.05) is 12.1 Å². The molecule has 4 heterocycles. The van der Waals surface area contributed by atoms with E-state index in [1.54, 1.807) is 43.6 Å². The van der Waals surface area contributed by atoms with Crippen LogP contribution in [0.2, 0.25) is 0 Å². The van der Waals surface area contributed by atoms with Crippen LogP contribution in [0.15, 0.2) is 48.7 Å². The maximum Gasteiger partial charge on any atom is 0.335 e. The van der Waals surface area contributed by atoms with Gasteiger partial charge in [-0.15, -0.1) is 0 Å². The molecule has 3 atom stereocenters. The van der Waals surface area contributed by atoms with Crippen molar-refractivity contribution in [3.63, 3.8) is 0 Å². The van der Waals surface area contributed by atoms with E-state index in [9.17, 15) is 9.90 Å². The molecule has 3 aliphatic rings. The van der Waals surface area contributed by atoms with Crippen molar-refractivity contribution in [2.75, 3.05) is 26.8 Å². The standard InChI is InChI=1S/C32H32N6O5/c1-41-27-12-20(15-33)2-3-22(27)19-43-31-34-9-6-28(36-31)32-8-10-37(16-23(32)14-32)18-29-35-25-5-4-21(30(39)40)13-26(25)38(29)17-24-7-11-42-24/h2-6,9,12-13,23-24H,7-8,10-11,14,16-19H2,1H3,(H,39,40). The van der Waals surface area contributed by atoms with Crippen molar-refractivity contribution >= 4 is 17.0 Å². The van der Waals surface area contributed by atoms with Crippen LogP contribution < -0.4 is 9.47 Å². The minimum Gasteiger partial charge on any atom is -0.496 e. The molecule has 2 aliphatic heterocycles. The van der Waals surface area contributed by atoms with Gasteiger partial charge in [-0.2, -0.15) is 10.2 Å². The van der Waals surface area contributed by atoms with Crippen molar-refractivity contribution in [2.45, 2.75) is 50.5 Å². The van der Waals surface area contributed by atoms with Crippen molar-refractivity contribution in [1.29, 1.82) is 5.26 Å². The highest BCUT2D eigenvalue weighted by molar-refractivity contribution is 5.92. The number of fused-ring (bicyclic) bond motifs is 2. The molecule has 11 nitrogen and oxygen atoms in total. The normalized spacial score (nSPS) is 22.8. The lowest BCUT2D eigenvalue weighted by Crippen LogP contribution is -2.37. The van der Waals surface area contributed by atoms with E-state index in [0.29, 0.717) is 36.3 Å². The number of carboxylic acids is 1. The van der Waals surface area contributed by atoms with Gasteiger partial charge in [0.1, 0.15) is 18.2 Å². The van der Waals surface area contributed by atoms with Gasteiger partial charge in [-0.3, -0.25) is 4.90 Å². The number of hydrogen-bond acceptors (Lipinski definition) is 9. The average molecular weight is 581 g/mol. The van der Waals surface area contributed by atoms with Crippen LogP contribution in [0.5, 0.6) is 11.8 Å². The van der Waals surface area contributed by atoms with Gasteiger partial charge in [0.15, 0.2) is 0 Å². The Balaban J connectivity index is 1.04. The summed E-state index contributed by atoms with van der Waals surface area (Å²) in [5, 5.41) is 18.7. The number of carbonyl (C=O) groups is 1. The number of aromatic nitrogens is 4. The van der Waals surface area contributed by atoms with E-state index in [0.717, 1.165) is 67.1 Å². The Hall–Kier alpha value is -4.53. The van der Waals surface area contributed by atoms with Crippen LogP contribution >= 0.6 is 0 Å². The van der Waals surface area contributed by atoms with Gasteiger partial charge in [0, 0.05) is 30.3 Å². The summed E-state index contributed by atoms with van der Waals surface area (Å²) in [6, 6.07) is 14.9. The quantitative estimate of drug-likeness (QED) is 0.294. The zero-order valence-electron chi connectivity index (χ0n) is 23.9. The SMILES string of the molecule is COc1cc(C#N)ccc1COc1nccc(C23CCN(Cc4nc5ccc(C(=O)O)cc5n4CC4CCO4)CC2C3)n1. The fourth-order valence-electron chi connectivity index (χ4n) is 6.50. The number of imidazole rings is 1. The Morgan fingerprint density at radius 1 is 1.23 bits per heavy atom. The van der Waals surface area contributed by atoms with E-state index in [1.165, 1.54) is 0 Å². The summed E-state index contributed by atoms with van der Waals surface area (Å²) in [4.78, 5) is 28.2. The number of benzene rings is 2. The third kappa shape index (κ3) is 5.17. The van der Waals surface area contributed by atoms with Gasteiger partial charge in [0.2, 0.25) is 0 Å². The first kappa shape index (κ1) is 27.3. The van der Waals surface area contributed by atoms with Gasteiger partial charge in [-0.05, 0) is 68.1 Å². The molecule has 43 heavy (non-hydrogen) atoms. The second kappa shape index (κ2) is 10.9. The minimum absolute atomic E-state index is 0.0278. The summed E-state index contributed by atoms with van der Waals surface area (Å²) in [6.07, 6.45) is 4.94. The molecular formula is C32H32N6O5. The number of rotatable bonds is 10. The Labute approximate surface area is 248 Å². The van der Waals surface area contributed by atoms with Gasteiger partial charge in [0.25, 0.3) is 0 Å². The molecule has 0 amide bonds. The maximum atomic E-state index is 11.6. The number of likely N-dealkylation sites (tertiary alicyclic amines) is 1. The van der Waals surface area contributed by atoms with Crippen LogP contribution in [0.25, 0.3) is 11.0 Å². The van der Waals surface area contributed by atoms with Gasteiger partial charge in [-0.25, -0.2) is 14.8 Å². The molecule has 11 heteroatoms. The molecule has 1 saturated carbocycles. The van der Waals surface area contributed by atoms with Gasteiger partial charge >= 0.3 is 12.0 Å². The molecule has 2 saturated heterocycles. The second-order valence-electron chi connectivity index (χ2n) is 11.6. The lowest BCUT2D eigenvalue weighted by molar-refractivity contribution is -0.0592. The van der Waals surface area contributed by atoms with Crippen molar-refractivity contribution in [3.05, 3.63) is 76.9 Å². The highest BCUT2D eigenvalue weighted by atomic mass is 16.5. The Kier molecular flexibility index (Phi) is 6.95.